The lowest BCUT2D eigenvalue weighted by Crippen LogP contribution is -2.11. The molecule has 1 amide bonds. The molecule has 0 spiro atoms. The number of hydrogen-bond donors (Lipinski definition) is 2. The Kier molecular flexibility index (Phi) is 3.62. The number of halogens is 1. The van der Waals surface area contributed by atoms with Gasteiger partial charge in [-0.05, 0) is 35.4 Å². The predicted octanol–water partition coefficient (Wildman–Crippen LogP) is 2.82. The summed E-state index contributed by atoms with van der Waals surface area (Å²) < 4.78 is 5.08. The van der Waals surface area contributed by atoms with Crippen molar-refractivity contribution in [3.63, 3.8) is 0 Å². The lowest BCUT2D eigenvalue weighted by Gasteiger charge is -2.08. The Balaban J connectivity index is 2.56. The number of benzene rings is 2. The van der Waals surface area contributed by atoms with Crippen LogP contribution in [0.5, 0.6) is 11.5 Å². The molecule has 0 bridgehead atoms. The molecule has 5 heteroatoms. The van der Waals surface area contributed by atoms with E-state index in [-0.39, 0.29) is 11.3 Å². The fourth-order valence-electron chi connectivity index (χ4n) is 1.76. The first-order chi connectivity index (χ1) is 9.01. The van der Waals surface area contributed by atoms with Crippen LogP contribution in [0.2, 0.25) is 5.02 Å². The zero-order valence-electron chi connectivity index (χ0n) is 10.2. The molecule has 0 saturated carbocycles. The Labute approximate surface area is 115 Å². The number of aromatic hydroxyl groups is 1. The van der Waals surface area contributed by atoms with Gasteiger partial charge in [0.15, 0.2) is 0 Å². The molecule has 0 aliphatic carbocycles. The molecule has 0 unspecified atom stereocenters. The smallest absolute Gasteiger partial charge is 0.250 e. The number of carbonyl (C=O) groups excluding carboxylic acids is 1. The van der Waals surface area contributed by atoms with Crippen LogP contribution in [-0.4, -0.2) is 18.1 Å². The summed E-state index contributed by atoms with van der Waals surface area (Å²) in [4.78, 5) is 11.3. The highest BCUT2D eigenvalue weighted by atomic mass is 35.5. The molecule has 98 valence electrons. The van der Waals surface area contributed by atoms with Gasteiger partial charge in [0.05, 0.1) is 17.7 Å². The summed E-state index contributed by atoms with van der Waals surface area (Å²) >= 11 is 5.89. The minimum Gasteiger partial charge on any atom is -0.508 e. The number of rotatable bonds is 3. The van der Waals surface area contributed by atoms with Gasteiger partial charge in [-0.3, -0.25) is 4.79 Å². The van der Waals surface area contributed by atoms with Crippen molar-refractivity contribution in [2.45, 2.75) is 0 Å². The number of carbonyl (C=O) groups is 1. The highest BCUT2D eigenvalue weighted by molar-refractivity contribution is 6.33. The molecule has 19 heavy (non-hydrogen) atoms. The molecule has 0 saturated heterocycles. The van der Waals surface area contributed by atoms with Crippen molar-refractivity contribution < 1.29 is 14.6 Å². The molecule has 2 aromatic carbocycles. The molecule has 0 atom stereocenters. The molecule has 0 aliphatic heterocycles. The van der Waals surface area contributed by atoms with E-state index in [0.29, 0.717) is 21.9 Å². The Bertz CT molecular complexity index is 641. The number of ether oxygens (including phenoxy) is 1. The summed E-state index contributed by atoms with van der Waals surface area (Å²) in [6.07, 6.45) is 0. The van der Waals surface area contributed by atoms with E-state index >= 15 is 0 Å². The van der Waals surface area contributed by atoms with Crippen molar-refractivity contribution in [1.82, 2.24) is 0 Å². The van der Waals surface area contributed by atoms with Gasteiger partial charge in [-0.1, -0.05) is 17.7 Å². The van der Waals surface area contributed by atoms with E-state index in [1.165, 1.54) is 13.2 Å². The van der Waals surface area contributed by atoms with Crippen LogP contribution in [-0.2, 0) is 0 Å². The number of primary amides is 1. The van der Waals surface area contributed by atoms with E-state index in [9.17, 15) is 9.90 Å². The minimum atomic E-state index is -0.598. The third-order valence-corrected chi connectivity index (χ3v) is 3.02. The van der Waals surface area contributed by atoms with Gasteiger partial charge in [0.1, 0.15) is 11.5 Å². The summed E-state index contributed by atoms with van der Waals surface area (Å²) in [6.45, 7) is 0. The second-order valence-electron chi connectivity index (χ2n) is 3.98. The van der Waals surface area contributed by atoms with Crippen LogP contribution in [0.15, 0.2) is 36.4 Å². The first-order valence-electron chi connectivity index (χ1n) is 5.49. The van der Waals surface area contributed by atoms with Gasteiger partial charge in [-0.15, -0.1) is 0 Å². The molecule has 0 fully saturated rings. The fourth-order valence-corrected chi connectivity index (χ4v) is 1.97. The largest absolute Gasteiger partial charge is 0.508 e. The maximum atomic E-state index is 11.3. The highest BCUT2D eigenvalue weighted by Gasteiger charge is 2.10. The Morgan fingerprint density at radius 3 is 2.58 bits per heavy atom. The van der Waals surface area contributed by atoms with Crippen molar-refractivity contribution in [3.05, 3.63) is 47.0 Å². The first kappa shape index (κ1) is 13.2. The van der Waals surface area contributed by atoms with Gasteiger partial charge < -0.3 is 15.6 Å². The summed E-state index contributed by atoms with van der Waals surface area (Å²) in [6, 6.07) is 9.72. The third kappa shape index (κ3) is 2.80. The molecule has 2 aromatic rings. The molecule has 4 nitrogen and oxygen atoms in total. The fraction of sp³-hybridized carbons (Fsp3) is 0.0714. The average Bonchev–Trinajstić information content (AvgIpc) is 2.38. The van der Waals surface area contributed by atoms with Crippen LogP contribution in [0.1, 0.15) is 10.4 Å². The first-order valence-corrected chi connectivity index (χ1v) is 5.87. The molecule has 2 rings (SSSR count). The topological polar surface area (TPSA) is 72.6 Å². The summed E-state index contributed by atoms with van der Waals surface area (Å²) in [5.41, 5.74) is 6.91. The average molecular weight is 278 g/mol. The Hall–Kier alpha value is -2.20. The monoisotopic (exact) mass is 277 g/mol. The maximum Gasteiger partial charge on any atom is 0.250 e. The van der Waals surface area contributed by atoms with Gasteiger partial charge >= 0.3 is 0 Å². The number of hydrogen-bond acceptors (Lipinski definition) is 3. The standard InChI is InChI=1S/C14H12ClNO3/c1-19-11-5-9(4-10(17)7-11)8-2-3-13(15)12(6-8)14(16)18/h2-7,17H,1H3,(H2,16,18). The lowest BCUT2D eigenvalue weighted by atomic mass is 10.0. The molecular weight excluding hydrogens is 266 g/mol. The quantitative estimate of drug-likeness (QED) is 0.906. The van der Waals surface area contributed by atoms with E-state index in [2.05, 4.69) is 0 Å². The van der Waals surface area contributed by atoms with Crippen LogP contribution in [0.4, 0.5) is 0 Å². The number of amides is 1. The van der Waals surface area contributed by atoms with Crippen LogP contribution >= 0.6 is 11.6 Å². The molecule has 3 N–H and O–H groups in total. The lowest BCUT2D eigenvalue weighted by molar-refractivity contribution is 0.100. The second-order valence-corrected chi connectivity index (χ2v) is 4.39. The molecule has 0 heterocycles. The SMILES string of the molecule is COc1cc(O)cc(-c2ccc(Cl)c(C(N)=O)c2)c1. The van der Waals surface area contributed by atoms with Crippen LogP contribution < -0.4 is 10.5 Å². The number of methoxy groups -OCH3 is 1. The zero-order valence-corrected chi connectivity index (χ0v) is 10.9. The third-order valence-electron chi connectivity index (χ3n) is 2.69. The summed E-state index contributed by atoms with van der Waals surface area (Å²) in [7, 11) is 1.51. The van der Waals surface area contributed by atoms with Crippen LogP contribution in [0, 0.1) is 0 Å². The summed E-state index contributed by atoms with van der Waals surface area (Å²) in [5.74, 6) is -0.00512. The van der Waals surface area contributed by atoms with Gasteiger partial charge in [-0.25, -0.2) is 0 Å². The van der Waals surface area contributed by atoms with E-state index in [4.69, 9.17) is 22.1 Å². The van der Waals surface area contributed by atoms with Crippen molar-refractivity contribution in [1.29, 1.82) is 0 Å². The predicted molar refractivity (Wildman–Crippen MR) is 73.6 cm³/mol. The molecule has 0 aliphatic rings. The number of phenolic OH excluding ortho intramolecular Hbond substituents is 1. The van der Waals surface area contributed by atoms with Crippen molar-refractivity contribution in [3.8, 4) is 22.6 Å². The van der Waals surface area contributed by atoms with E-state index in [1.54, 1.807) is 30.3 Å². The van der Waals surface area contributed by atoms with Gasteiger partial charge in [0.25, 0.3) is 0 Å². The van der Waals surface area contributed by atoms with Gasteiger partial charge in [0.2, 0.25) is 5.91 Å². The van der Waals surface area contributed by atoms with Gasteiger partial charge in [0, 0.05) is 6.07 Å². The molecule has 0 radical (unpaired) electrons. The van der Waals surface area contributed by atoms with E-state index < -0.39 is 5.91 Å². The number of nitrogens with two attached hydrogens (primary N) is 1. The van der Waals surface area contributed by atoms with Crippen molar-refractivity contribution in [2.75, 3.05) is 7.11 Å². The summed E-state index contributed by atoms with van der Waals surface area (Å²) in [5, 5.41) is 9.92. The van der Waals surface area contributed by atoms with E-state index in [1.807, 2.05) is 0 Å². The van der Waals surface area contributed by atoms with Crippen LogP contribution in [0.25, 0.3) is 11.1 Å². The van der Waals surface area contributed by atoms with Crippen molar-refractivity contribution in [2.24, 2.45) is 5.73 Å². The number of phenols is 1. The van der Waals surface area contributed by atoms with Crippen LogP contribution in [0.3, 0.4) is 0 Å². The molecular formula is C14H12ClNO3. The minimum absolute atomic E-state index is 0.0740. The normalized spacial score (nSPS) is 10.2. The van der Waals surface area contributed by atoms with Gasteiger partial charge in [-0.2, -0.15) is 0 Å². The zero-order chi connectivity index (χ0) is 14.0. The second kappa shape index (κ2) is 5.20. The Morgan fingerprint density at radius 1 is 1.21 bits per heavy atom. The molecule has 0 aromatic heterocycles. The van der Waals surface area contributed by atoms with Crippen molar-refractivity contribution >= 4 is 17.5 Å². The maximum absolute atomic E-state index is 11.3. The highest BCUT2D eigenvalue weighted by Crippen LogP contribution is 2.31. The van der Waals surface area contributed by atoms with E-state index in [0.717, 1.165) is 0 Å². The Morgan fingerprint density at radius 2 is 1.95 bits per heavy atom.